The van der Waals surface area contributed by atoms with Crippen LogP contribution in [-0.2, 0) is 20.9 Å². The Labute approximate surface area is 247 Å². The predicted octanol–water partition coefficient (Wildman–Crippen LogP) is 5.68. The normalized spacial score (nSPS) is 16.8. The molecule has 0 bridgehead atoms. The standard InChI is InChI=1S/C34H42FN3O4/c1-22(2)16-30(38-20-25(12-13-31(38)39)19-37-15-14-28(35)21-37)34(41)36-29(18-32(40)42-5)26-10-7-11-27(17-26)33-23(3)8-6-9-24(33)4/h6-13,17,20,22,28-30H,14-16,18-19,21H2,1-5H3,(H,36,41)/t28-,29?,30?/m1/s1. The van der Waals surface area contributed by atoms with E-state index in [0.29, 0.717) is 32.5 Å². The van der Waals surface area contributed by atoms with Crippen molar-refractivity contribution in [3.63, 3.8) is 0 Å². The number of nitrogens with one attached hydrogen (secondary N) is 1. The van der Waals surface area contributed by atoms with Crippen LogP contribution in [0.5, 0.6) is 0 Å². The zero-order chi connectivity index (χ0) is 30.4. The van der Waals surface area contributed by atoms with Gasteiger partial charge in [-0.3, -0.25) is 19.3 Å². The maximum absolute atomic E-state index is 14.0. The van der Waals surface area contributed by atoms with Gasteiger partial charge in [0.1, 0.15) is 12.2 Å². The Kier molecular flexibility index (Phi) is 10.3. The molecule has 7 nitrogen and oxygen atoms in total. The Morgan fingerprint density at radius 1 is 1.07 bits per heavy atom. The number of rotatable bonds is 11. The molecule has 1 fully saturated rings. The van der Waals surface area contributed by atoms with Gasteiger partial charge in [-0.1, -0.05) is 56.3 Å². The van der Waals surface area contributed by atoms with Gasteiger partial charge >= 0.3 is 5.97 Å². The van der Waals surface area contributed by atoms with Crippen molar-refractivity contribution in [2.24, 2.45) is 5.92 Å². The molecule has 8 heteroatoms. The second-order valence-electron chi connectivity index (χ2n) is 11.8. The molecule has 1 N–H and O–H groups in total. The fraction of sp³-hybridized carbons (Fsp3) is 0.441. The number of pyridine rings is 1. The van der Waals surface area contributed by atoms with Crippen LogP contribution in [0.3, 0.4) is 0 Å². The van der Waals surface area contributed by atoms with E-state index in [1.54, 1.807) is 12.3 Å². The molecule has 2 aromatic carbocycles. The summed E-state index contributed by atoms with van der Waals surface area (Å²) in [6.45, 7) is 9.65. The summed E-state index contributed by atoms with van der Waals surface area (Å²) in [5.74, 6) is -0.679. The van der Waals surface area contributed by atoms with E-state index in [0.717, 1.165) is 33.4 Å². The lowest BCUT2D eigenvalue weighted by Gasteiger charge is -2.26. The fourth-order valence-electron chi connectivity index (χ4n) is 5.82. The summed E-state index contributed by atoms with van der Waals surface area (Å²) in [4.78, 5) is 41.5. The Bertz CT molecular complexity index is 1450. The first kappa shape index (κ1) is 31.2. The molecule has 2 unspecified atom stereocenters. The van der Waals surface area contributed by atoms with E-state index in [1.165, 1.54) is 17.7 Å². The van der Waals surface area contributed by atoms with Gasteiger partial charge in [-0.2, -0.15) is 0 Å². The van der Waals surface area contributed by atoms with Crippen molar-refractivity contribution < 1.29 is 18.7 Å². The summed E-state index contributed by atoms with van der Waals surface area (Å²) in [6, 6.07) is 15.8. The topological polar surface area (TPSA) is 80.6 Å². The van der Waals surface area contributed by atoms with Crippen molar-refractivity contribution in [3.05, 3.63) is 93.4 Å². The van der Waals surface area contributed by atoms with Gasteiger partial charge in [-0.25, -0.2) is 4.39 Å². The van der Waals surface area contributed by atoms with E-state index < -0.39 is 24.2 Å². The minimum absolute atomic E-state index is 0.0544. The number of carbonyl (C=O) groups excluding carboxylic acids is 2. The van der Waals surface area contributed by atoms with E-state index in [9.17, 15) is 18.8 Å². The van der Waals surface area contributed by atoms with E-state index in [-0.39, 0.29) is 23.8 Å². The predicted molar refractivity (Wildman–Crippen MR) is 163 cm³/mol. The zero-order valence-electron chi connectivity index (χ0n) is 25.2. The van der Waals surface area contributed by atoms with Crippen LogP contribution in [0.25, 0.3) is 11.1 Å². The van der Waals surface area contributed by atoms with Crippen LogP contribution in [-0.4, -0.2) is 47.7 Å². The molecule has 3 aromatic rings. The summed E-state index contributed by atoms with van der Waals surface area (Å²) < 4.78 is 20.2. The van der Waals surface area contributed by atoms with E-state index in [1.807, 2.05) is 49.1 Å². The molecule has 0 spiro atoms. The molecule has 1 saturated heterocycles. The number of ether oxygens (including phenoxy) is 1. The number of esters is 1. The smallest absolute Gasteiger partial charge is 0.307 e. The highest BCUT2D eigenvalue weighted by Crippen LogP contribution is 2.30. The molecule has 1 aromatic heterocycles. The number of benzene rings is 2. The lowest BCUT2D eigenvalue weighted by atomic mass is 9.92. The van der Waals surface area contributed by atoms with Crippen LogP contribution in [0.15, 0.2) is 65.6 Å². The molecular formula is C34H42FN3O4. The van der Waals surface area contributed by atoms with E-state index in [2.05, 4.69) is 31.3 Å². The van der Waals surface area contributed by atoms with Gasteiger partial charge in [-0.15, -0.1) is 0 Å². The van der Waals surface area contributed by atoms with Crippen LogP contribution >= 0.6 is 0 Å². The summed E-state index contributed by atoms with van der Waals surface area (Å²) >= 11 is 0. The molecule has 1 aliphatic heterocycles. The first-order valence-electron chi connectivity index (χ1n) is 14.7. The minimum atomic E-state index is -0.838. The highest BCUT2D eigenvalue weighted by atomic mass is 19.1. The lowest BCUT2D eigenvalue weighted by molar-refractivity contribution is -0.141. The summed E-state index contributed by atoms with van der Waals surface area (Å²) in [6.07, 6.45) is 1.76. The Hall–Kier alpha value is -3.78. The molecule has 224 valence electrons. The molecular weight excluding hydrogens is 533 g/mol. The van der Waals surface area contributed by atoms with Crippen molar-refractivity contribution in [2.75, 3.05) is 20.2 Å². The number of methoxy groups -OCH3 is 1. The number of aryl methyl sites for hydroxylation is 2. The summed E-state index contributed by atoms with van der Waals surface area (Å²) in [7, 11) is 1.33. The molecule has 0 radical (unpaired) electrons. The number of alkyl halides is 1. The van der Waals surface area contributed by atoms with Crippen LogP contribution in [0.1, 0.15) is 67.4 Å². The average Bonchev–Trinajstić information content (AvgIpc) is 3.36. The SMILES string of the molecule is COC(=O)CC(NC(=O)C(CC(C)C)n1cc(CN2CC[C@@H](F)C2)ccc1=O)c1cccc(-c2c(C)cccc2C)c1. The highest BCUT2D eigenvalue weighted by molar-refractivity contribution is 5.82. The van der Waals surface area contributed by atoms with Gasteiger partial charge in [0.2, 0.25) is 5.91 Å². The minimum Gasteiger partial charge on any atom is -0.469 e. The third-order valence-corrected chi connectivity index (χ3v) is 7.93. The second kappa shape index (κ2) is 13.9. The second-order valence-corrected chi connectivity index (χ2v) is 11.8. The van der Waals surface area contributed by atoms with Crippen LogP contribution in [0.4, 0.5) is 4.39 Å². The van der Waals surface area contributed by atoms with E-state index >= 15 is 0 Å². The number of nitrogens with zero attached hydrogens (tertiary/aromatic N) is 2. The first-order chi connectivity index (χ1) is 20.0. The maximum Gasteiger partial charge on any atom is 0.307 e. The van der Waals surface area contributed by atoms with Gasteiger partial charge in [0, 0.05) is 31.9 Å². The number of hydrogen-bond acceptors (Lipinski definition) is 5. The van der Waals surface area contributed by atoms with Crippen LogP contribution in [0.2, 0.25) is 0 Å². The largest absolute Gasteiger partial charge is 0.469 e. The monoisotopic (exact) mass is 575 g/mol. The van der Waals surface area contributed by atoms with Gasteiger partial charge in [-0.05, 0) is 72.1 Å². The van der Waals surface area contributed by atoms with Crippen molar-refractivity contribution in [1.29, 1.82) is 0 Å². The molecule has 2 heterocycles. The molecule has 0 aliphatic carbocycles. The summed E-state index contributed by atoms with van der Waals surface area (Å²) in [5, 5.41) is 3.08. The van der Waals surface area contributed by atoms with Crippen LogP contribution in [0, 0.1) is 19.8 Å². The molecule has 4 rings (SSSR count). The number of hydrogen-bond donors (Lipinski definition) is 1. The lowest BCUT2D eigenvalue weighted by Crippen LogP contribution is -2.40. The van der Waals surface area contributed by atoms with Crippen molar-refractivity contribution in [3.8, 4) is 11.1 Å². The number of aromatic nitrogens is 1. The Balaban J connectivity index is 1.66. The molecule has 3 atom stereocenters. The van der Waals surface area contributed by atoms with Gasteiger partial charge in [0.15, 0.2) is 0 Å². The quantitative estimate of drug-likeness (QED) is 0.298. The third kappa shape index (κ3) is 7.73. The summed E-state index contributed by atoms with van der Waals surface area (Å²) in [5.41, 5.74) is 5.70. The number of likely N-dealkylation sites (tertiary alicyclic amines) is 1. The Morgan fingerprint density at radius 2 is 1.79 bits per heavy atom. The first-order valence-corrected chi connectivity index (χ1v) is 14.7. The Morgan fingerprint density at radius 3 is 2.43 bits per heavy atom. The van der Waals surface area contributed by atoms with Crippen molar-refractivity contribution in [1.82, 2.24) is 14.8 Å². The van der Waals surface area contributed by atoms with Gasteiger partial charge in [0.05, 0.1) is 19.6 Å². The fourth-order valence-corrected chi connectivity index (χ4v) is 5.82. The van der Waals surface area contributed by atoms with Gasteiger partial charge in [0.25, 0.3) is 5.56 Å². The molecule has 42 heavy (non-hydrogen) atoms. The van der Waals surface area contributed by atoms with E-state index in [4.69, 9.17) is 4.74 Å². The third-order valence-electron chi connectivity index (χ3n) is 7.93. The molecule has 1 amide bonds. The number of carbonyl (C=O) groups is 2. The molecule has 1 aliphatic rings. The highest BCUT2D eigenvalue weighted by Gasteiger charge is 2.28. The van der Waals surface area contributed by atoms with Crippen molar-refractivity contribution >= 4 is 11.9 Å². The number of halogens is 1. The zero-order valence-corrected chi connectivity index (χ0v) is 25.2. The van der Waals surface area contributed by atoms with Crippen molar-refractivity contribution in [2.45, 2.75) is 71.8 Å². The average molecular weight is 576 g/mol. The van der Waals surface area contributed by atoms with Gasteiger partial charge < -0.3 is 14.6 Å². The molecule has 0 saturated carbocycles. The number of amides is 1. The van der Waals surface area contributed by atoms with Crippen LogP contribution < -0.4 is 10.9 Å². The maximum atomic E-state index is 14.0.